The summed E-state index contributed by atoms with van der Waals surface area (Å²) in [5.41, 5.74) is 12.3. The number of carboxylic acids is 1. The monoisotopic (exact) mass is 392 g/mol. The van der Waals surface area contributed by atoms with E-state index in [-0.39, 0.29) is 11.8 Å². The molecule has 1 unspecified atom stereocenters. The molecule has 0 radical (unpaired) electrons. The second-order valence-electron chi connectivity index (χ2n) is 7.63. The van der Waals surface area contributed by atoms with Crippen LogP contribution in [0, 0.1) is 13.8 Å². The molecular formula is C23H24N2O4. The summed E-state index contributed by atoms with van der Waals surface area (Å²) in [4.78, 5) is 23.2. The quantitative estimate of drug-likeness (QED) is 0.673. The number of primary amides is 1. The summed E-state index contributed by atoms with van der Waals surface area (Å²) in [7, 11) is 0. The number of benzene rings is 2. The van der Waals surface area contributed by atoms with E-state index in [1.54, 1.807) is 6.07 Å². The second kappa shape index (κ2) is 7.28. The maximum Gasteiger partial charge on any atom is 0.341 e. The van der Waals surface area contributed by atoms with Crippen LogP contribution in [0.1, 0.15) is 40.3 Å². The predicted molar refractivity (Wildman–Crippen MR) is 110 cm³/mol. The van der Waals surface area contributed by atoms with Crippen molar-refractivity contribution in [3.8, 4) is 5.75 Å². The molecule has 150 valence electrons. The first-order chi connectivity index (χ1) is 13.9. The van der Waals surface area contributed by atoms with Crippen LogP contribution in [0.3, 0.4) is 0 Å². The Labute approximate surface area is 168 Å². The molecule has 0 saturated heterocycles. The molecule has 3 N–H and O–H groups in total. The molecule has 4 rings (SSSR count). The number of carbonyl (C=O) groups excluding carboxylic acids is 1. The third-order valence-corrected chi connectivity index (χ3v) is 5.96. The molecule has 29 heavy (non-hydrogen) atoms. The summed E-state index contributed by atoms with van der Waals surface area (Å²) >= 11 is 0. The number of fused-ring (bicyclic) bond motifs is 3. The van der Waals surface area contributed by atoms with Gasteiger partial charge in [0, 0.05) is 17.6 Å². The number of nitrogens with two attached hydrogens (primary N) is 1. The van der Waals surface area contributed by atoms with Crippen LogP contribution in [0.15, 0.2) is 36.4 Å². The molecule has 6 nitrogen and oxygen atoms in total. The van der Waals surface area contributed by atoms with E-state index in [0.29, 0.717) is 18.7 Å². The highest BCUT2D eigenvalue weighted by molar-refractivity contribution is 5.97. The fraction of sp³-hybridized carbons (Fsp3) is 0.304. The Balaban J connectivity index is 1.91. The zero-order chi connectivity index (χ0) is 20.7. The van der Waals surface area contributed by atoms with Crippen LogP contribution < -0.4 is 10.5 Å². The topological polar surface area (TPSA) is 94.6 Å². The second-order valence-corrected chi connectivity index (χ2v) is 7.63. The van der Waals surface area contributed by atoms with E-state index < -0.39 is 12.6 Å². The van der Waals surface area contributed by atoms with Gasteiger partial charge in [0.25, 0.3) is 0 Å². The van der Waals surface area contributed by atoms with Gasteiger partial charge in [0.1, 0.15) is 5.75 Å². The van der Waals surface area contributed by atoms with E-state index >= 15 is 0 Å². The number of rotatable bonds is 6. The zero-order valence-electron chi connectivity index (χ0n) is 16.6. The lowest BCUT2D eigenvalue weighted by Crippen LogP contribution is -2.19. The number of aliphatic carboxylic acids is 1. The molecule has 1 amide bonds. The minimum absolute atomic E-state index is 0.359. The van der Waals surface area contributed by atoms with Gasteiger partial charge >= 0.3 is 5.97 Å². The molecule has 1 heterocycles. The first kappa shape index (κ1) is 19.1. The fourth-order valence-electron chi connectivity index (χ4n) is 4.40. The zero-order valence-corrected chi connectivity index (χ0v) is 16.6. The van der Waals surface area contributed by atoms with Crippen LogP contribution in [0.5, 0.6) is 5.75 Å². The number of carbonyl (C=O) groups is 2. The maximum atomic E-state index is 12.1. The average Bonchev–Trinajstić information content (AvgIpc) is 3.23. The number of aromatic nitrogens is 1. The third-order valence-electron chi connectivity index (χ3n) is 5.96. The van der Waals surface area contributed by atoms with Crippen molar-refractivity contribution < 1.29 is 19.4 Å². The standard InChI is InChI=1S/C23H24N2O4/c1-13-5-3-6-15(14(13)2)11-25-17-7-4-8-19(29-12-20(26)27)22(17)21-16(23(24)28)9-10-18(21)25/h3-8,16H,9-12H2,1-2H3,(H2,24,28)(H,26,27). The normalized spacial score (nSPS) is 15.4. The molecular weight excluding hydrogens is 368 g/mol. The Morgan fingerprint density at radius 3 is 2.69 bits per heavy atom. The molecule has 6 heteroatoms. The summed E-state index contributed by atoms with van der Waals surface area (Å²) in [5, 5.41) is 9.83. The van der Waals surface area contributed by atoms with Crippen molar-refractivity contribution in [2.75, 3.05) is 6.61 Å². The summed E-state index contributed by atoms with van der Waals surface area (Å²) in [5.74, 6) is -1.31. The number of hydrogen-bond acceptors (Lipinski definition) is 3. The largest absolute Gasteiger partial charge is 0.481 e. The van der Waals surface area contributed by atoms with Crippen LogP contribution in [-0.4, -0.2) is 28.2 Å². The van der Waals surface area contributed by atoms with E-state index in [2.05, 4.69) is 36.6 Å². The minimum atomic E-state index is -1.04. The summed E-state index contributed by atoms with van der Waals surface area (Å²) in [6.45, 7) is 4.45. The minimum Gasteiger partial charge on any atom is -0.481 e. The first-order valence-corrected chi connectivity index (χ1v) is 9.71. The molecule has 0 spiro atoms. The van der Waals surface area contributed by atoms with E-state index in [9.17, 15) is 9.59 Å². The first-order valence-electron chi connectivity index (χ1n) is 9.71. The number of amides is 1. The summed E-state index contributed by atoms with van der Waals surface area (Å²) in [6, 6.07) is 11.9. The highest BCUT2D eigenvalue weighted by Gasteiger charge is 2.34. The fourth-order valence-corrected chi connectivity index (χ4v) is 4.40. The SMILES string of the molecule is Cc1cccc(Cn2c3c(c4c(OCC(=O)O)cccc42)C(C(N)=O)CC3)c1C. The number of hydrogen-bond donors (Lipinski definition) is 2. The molecule has 2 aromatic carbocycles. The Hall–Kier alpha value is -3.28. The van der Waals surface area contributed by atoms with Gasteiger partial charge in [0.05, 0.1) is 11.4 Å². The van der Waals surface area contributed by atoms with Crippen LogP contribution >= 0.6 is 0 Å². The van der Waals surface area contributed by atoms with Crippen LogP contribution in [0.25, 0.3) is 10.9 Å². The highest BCUT2D eigenvalue weighted by Crippen LogP contribution is 2.44. The van der Waals surface area contributed by atoms with Gasteiger partial charge in [-0.2, -0.15) is 0 Å². The van der Waals surface area contributed by atoms with Crippen molar-refractivity contribution in [3.63, 3.8) is 0 Å². The Bertz CT molecular complexity index is 1130. The molecule has 0 aliphatic heterocycles. The van der Waals surface area contributed by atoms with Crippen molar-refractivity contribution in [2.45, 2.75) is 39.2 Å². The van der Waals surface area contributed by atoms with Crippen LogP contribution in [0.4, 0.5) is 0 Å². The molecule has 1 aromatic heterocycles. The number of aryl methyl sites for hydroxylation is 1. The van der Waals surface area contributed by atoms with Gasteiger partial charge < -0.3 is 20.1 Å². The van der Waals surface area contributed by atoms with Gasteiger partial charge in [-0.3, -0.25) is 4.79 Å². The Kier molecular flexibility index (Phi) is 4.78. The molecule has 1 atom stereocenters. The molecule has 1 aliphatic rings. The highest BCUT2D eigenvalue weighted by atomic mass is 16.5. The summed E-state index contributed by atoms with van der Waals surface area (Å²) < 4.78 is 7.80. The number of nitrogens with zero attached hydrogens (tertiary/aromatic N) is 1. The molecule has 1 aliphatic carbocycles. The molecule has 0 bridgehead atoms. The Morgan fingerprint density at radius 1 is 1.21 bits per heavy atom. The lowest BCUT2D eigenvalue weighted by Gasteiger charge is -2.14. The van der Waals surface area contributed by atoms with Gasteiger partial charge in [0.15, 0.2) is 6.61 Å². The summed E-state index contributed by atoms with van der Waals surface area (Å²) in [6.07, 6.45) is 1.41. The number of carboxylic acid groups (broad SMARTS) is 1. The van der Waals surface area contributed by atoms with E-state index in [1.165, 1.54) is 16.7 Å². The van der Waals surface area contributed by atoms with Crippen LogP contribution in [-0.2, 0) is 22.6 Å². The van der Waals surface area contributed by atoms with E-state index in [1.807, 2.05) is 12.1 Å². The van der Waals surface area contributed by atoms with Crippen LogP contribution in [0.2, 0.25) is 0 Å². The molecule has 0 saturated carbocycles. The third kappa shape index (κ3) is 3.24. The smallest absolute Gasteiger partial charge is 0.341 e. The lowest BCUT2D eigenvalue weighted by atomic mass is 9.99. The van der Waals surface area contributed by atoms with Crippen molar-refractivity contribution >= 4 is 22.8 Å². The van der Waals surface area contributed by atoms with E-state index in [4.69, 9.17) is 15.6 Å². The van der Waals surface area contributed by atoms with Gasteiger partial charge in [-0.25, -0.2) is 4.79 Å². The molecule has 3 aromatic rings. The van der Waals surface area contributed by atoms with Gasteiger partial charge in [-0.1, -0.05) is 24.3 Å². The maximum absolute atomic E-state index is 12.1. The van der Waals surface area contributed by atoms with Crippen molar-refractivity contribution in [1.82, 2.24) is 4.57 Å². The predicted octanol–water partition coefficient (Wildman–Crippen LogP) is 3.28. The lowest BCUT2D eigenvalue weighted by molar-refractivity contribution is -0.139. The van der Waals surface area contributed by atoms with Gasteiger partial charge in [-0.15, -0.1) is 0 Å². The van der Waals surface area contributed by atoms with Crippen molar-refractivity contribution in [2.24, 2.45) is 5.73 Å². The Morgan fingerprint density at radius 2 is 1.97 bits per heavy atom. The average molecular weight is 392 g/mol. The van der Waals surface area contributed by atoms with Gasteiger partial charge in [-0.05, 0) is 61.1 Å². The van der Waals surface area contributed by atoms with Crippen molar-refractivity contribution in [3.05, 3.63) is 64.3 Å². The van der Waals surface area contributed by atoms with Gasteiger partial charge in [0.2, 0.25) is 5.91 Å². The molecule has 0 fully saturated rings. The van der Waals surface area contributed by atoms with E-state index in [0.717, 1.165) is 28.6 Å². The number of ether oxygens (including phenoxy) is 1. The van der Waals surface area contributed by atoms with Crippen molar-refractivity contribution in [1.29, 1.82) is 0 Å².